The van der Waals surface area contributed by atoms with Gasteiger partial charge in [-0.15, -0.1) is 0 Å². The van der Waals surface area contributed by atoms with E-state index in [1.54, 1.807) is 0 Å². The van der Waals surface area contributed by atoms with Gasteiger partial charge in [0.05, 0.1) is 6.04 Å². The maximum Gasteiger partial charge on any atom is 0.134 e. The van der Waals surface area contributed by atoms with Crippen LogP contribution in [0.1, 0.15) is 25.1 Å². The van der Waals surface area contributed by atoms with E-state index in [0.717, 1.165) is 34.2 Å². The van der Waals surface area contributed by atoms with Crippen molar-refractivity contribution in [3.63, 3.8) is 0 Å². The first-order chi connectivity index (χ1) is 8.20. The molecular formula is C13H17BrN2O. The second kappa shape index (κ2) is 5.67. The topological polar surface area (TPSA) is 51.2 Å². The number of furan rings is 1. The Morgan fingerprint density at radius 3 is 3.00 bits per heavy atom. The summed E-state index contributed by atoms with van der Waals surface area (Å²) in [6, 6.07) is 8.33. The fourth-order valence-electron chi connectivity index (χ4n) is 1.77. The van der Waals surface area contributed by atoms with Gasteiger partial charge in [-0.2, -0.15) is 0 Å². The van der Waals surface area contributed by atoms with E-state index in [4.69, 9.17) is 10.2 Å². The van der Waals surface area contributed by atoms with Crippen molar-refractivity contribution in [3.05, 3.63) is 34.5 Å². The SMILES string of the molecule is CC(NCCCN)c1cc2cc(Br)ccc2o1. The summed E-state index contributed by atoms with van der Waals surface area (Å²) in [5, 5.41) is 4.52. The third-order valence-corrected chi connectivity index (χ3v) is 3.25. The lowest BCUT2D eigenvalue weighted by atomic mass is 10.2. The highest BCUT2D eigenvalue weighted by Crippen LogP contribution is 2.26. The minimum Gasteiger partial charge on any atom is -0.459 e. The van der Waals surface area contributed by atoms with E-state index in [2.05, 4.69) is 40.3 Å². The molecule has 0 saturated carbocycles. The minimum absolute atomic E-state index is 0.215. The minimum atomic E-state index is 0.215. The Morgan fingerprint density at radius 1 is 1.41 bits per heavy atom. The summed E-state index contributed by atoms with van der Waals surface area (Å²) < 4.78 is 6.87. The monoisotopic (exact) mass is 296 g/mol. The van der Waals surface area contributed by atoms with E-state index in [9.17, 15) is 0 Å². The molecule has 1 heterocycles. The molecule has 0 aliphatic rings. The smallest absolute Gasteiger partial charge is 0.134 e. The second-order valence-corrected chi connectivity index (χ2v) is 5.06. The van der Waals surface area contributed by atoms with Gasteiger partial charge in [-0.3, -0.25) is 0 Å². The van der Waals surface area contributed by atoms with E-state index < -0.39 is 0 Å². The molecule has 0 spiro atoms. The molecule has 17 heavy (non-hydrogen) atoms. The van der Waals surface area contributed by atoms with Crippen molar-refractivity contribution in [3.8, 4) is 0 Å². The van der Waals surface area contributed by atoms with E-state index in [1.165, 1.54) is 0 Å². The number of hydrogen-bond acceptors (Lipinski definition) is 3. The average Bonchev–Trinajstić information content (AvgIpc) is 2.72. The van der Waals surface area contributed by atoms with Gasteiger partial charge in [0.15, 0.2) is 0 Å². The van der Waals surface area contributed by atoms with Crippen LogP contribution in [-0.2, 0) is 0 Å². The number of nitrogens with two attached hydrogens (primary N) is 1. The molecule has 1 aromatic carbocycles. The predicted molar refractivity (Wildman–Crippen MR) is 74.0 cm³/mol. The molecule has 3 nitrogen and oxygen atoms in total. The number of nitrogens with one attached hydrogen (secondary N) is 1. The highest BCUT2D eigenvalue weighted by molar-refractivity contribution is 9.10. The van der Waals surface area contributed by atoms with Crippen LogP contribution < -0.4 is 11.1 Å². The van der Waals surface area contributed by atoms with Gasteiger partial charge < -0.3 is 15.5 Å². The van der Waals surface area contributed by atoms with E-state index in [0.29, 0.717) is 6.54 Å². The first-order valence-corrected chi connectivity index (χ1v) is 6.62. The van der Waals surface area contributed by atoms with Gasteiger partial charge in [-0.25, -0.2) is 0 Å². The average molecular weight is 297 g/mol. The highest BCUT2D eigenvalue weighted by Gasteiger charge is 2.10. The van der Waals surface area contributed by atoms with Crippen molar-refractivity contribution in [1.29, 1.82) is 0 Å². The van der Waals surface area contributed by atoms with Gasteiger partial charge >= 0.3 is 0 Å². The molecular weight excluding hydrogens is 280 g/mol. The Kier molecular flexibility index (Phi) is 4.20. The van der Waals surface area contributed by atoms with Crippen molar-refractivity contribution in [2.45, 2.75) is 19.4 Å². The van der Waals surface area contributed by atoms with Gasteiger partial charge in [0.25, 0.3) is 0 Å². The number of hydrogen-bond donors (Lipinski definition) is 2. The van der Waals surface area contributed by atoms with Crippen LogP contribution in [0.2, 0.25) is 0 Å². The summed E-state index contributed by atoms with van der Waals surface area (Å²) >= 11 is 3.46. The number of rotatable bonds is 5. The molecule has 4 heteroatoms. The van der Waals surface area contributed by atoms with Gasteiger partial charge in [-0.1, -0.05) is 15.9 Å². The maximum absolute atomic E-state index is 5.80. The summed E-state index contributed by atoms with van der Waals surface area (Å²) in [4.78, 5) is 0. The van der Waals surface area contributed by atoms with Crippen molar-refractivity contribution in [2.75, 3.05) is 13.1 Å². The fraction of sp³-hybridized carbons (Fsp3) is 0.385. The summed E-state index contributed by atoms with van der Waals surface area (Å²) in [6.45, 7) is 3.73. The number of fused-ring (bicyclic) bond motifs is 1. The molecule has 2 rings (SSSR count). The molecule has 0 radical (unpaired) electrons. The summed E-state index contributed by atoms with van der Waals surface area (Å²) in [5.74, 6) is 0.968. The van der Waals surface area contributed by atoms with Crippen molar-refractivity contribution < 1.29 is 4.42 Å². The lowest BCUT2D eigenvalue weighted by molar-refractivity contribution is 0.450. The highest BCUT2D eigenvalue weighted by atomic mass is 79.9. The molecule has 0 saturated heterocycles. The lowest BCUT2D eigenvalue weighted by Gasteiger charge is -2.09. The van der Waals surface area contributed by atoms with Gasteiger partial charge in [-0.05, 0) is 50.7 Å². The standard InChI is InChI=1S/C13H17BrN2O/c1-9(16-6-2-5-15)13-8-10-7-11(14)3-4-12(10)17-13/h3-4,7-9,16H,2,5-6,15H2,1H3. The van der Waals surface area contributed by atoms with Gasteiger partial charge in [0.2, 0.25) is 0 Å². The predicted octanol–water partition coefficient (Wildman–Crippen LogP) is 3.19. The molecule has 0 fully saturated rings. The van der Waals surface area contributed by atoms with Crippen molar-refractivity contribution >= 4 is 26.9 Å². The molecule has 0 amide bonds. The molecule has 0 aliphatic heterocycles. The van der Waals surface area contributed by atoms with E-state index in [-0.39, 0.29) is 6.04 Å². The van der Waals surface area contributed by atoms with Crippen LogP contribution in [-0.4, -0.2) is 13.1 Å². The number of halogens is 1. The molecule has 3 N–H and O–H groups in total. The maximum atomic E-state index is 5.80. The molecule has 1 unspecified atom stereocenters. The van der Waals surface area contributed by atoms with Gasteiger partial charge in [0.1, 0.15) is 11.3 Å². The van der Waals surface area contributed by atoms with Crippen LogP contribution in [0.4, 0.5) is 0 Å². The van der Waals surface area contributed by atoms with Crippen LogP contribution in [0.15, 0.2) is 33.2 Å². The van der Waals surface area contributed by atoms with Crippen molar-refractivity contribution in [1.82, 2.24) is 5.32 Å². The Hall–Kier alpha value is -0.840. The third-order valence-electron chi connectivity index (χ3n) is 2.76. The first kappa shape index (κ1) is 12.6. The molecule has 1 atom stereocenters. The van der Waals surface area contributed by atoms with Crippen LogP contribution in [0.25, 0.3) is 11.0 Å². The Bertz CT molecular complexity index is 495. The quantitative estimate of drug-likeness (QED) is 0.833. The Balaban J connectivity index is 2.12. The van der Waals surface area contributed by atoms with Gasteiger partial charge in [0, 0.05) is 9.86 Å². The second-order valence-electron chi connectivity index (χ2n) is 4.15. The largest absolute Gasteiger partial charge is 0.459 e. The Morgan fingerprint density at radius 2 is 2.24 bits per heavy atom. The zero-order valence-corrected chi connectivity index (χ0v) is 11.5. The van der Waals surface area contributed by atoms with E-state index in [1.807, 2.05) is 12.1 Å². The zero-order valence-electron chi connectivity index (χ0n) is 9.87. The van der Waals surface area contributed by atoms with Crippen LogP contribution in [0, 0.1) is 0 Å². The molecule has 0 bridgehead atoms. The van der Waals surface area contributed by atoms with Crippen LogP contribution >= 0.6 is 15.9 Å². The van der Waals surface area contributed by atoms with Crippen LogP contribution in [0.3, 0.4) is 0 Å². The normalized spacial score (nSPS) is 13.1. The first-order valence-electron chi connectivity index (χ1n) is 5.83. The Labute approximate surface area is 109 Å². The summed E-state index contributed by atoms with van der Waals surface area (Å²) in [5.41, 5.74) is 6.39. The molecule has 0 aliphatic carbocycles. The summed E-state index contributed by atoms with van der Waals surface area (Å²) in [6.07, 6.45) is 0.982. The molecule has 2 aromatic rings. The molecule has 1 aromatic heterocycles. The fourth-order valence-corrected chi connectivity index (χ4v) is 2.15. The van der Waals surface area contributed by atoms with Crippen molar-refractivity contribution in [2.24, 2.45) is 5.73 Å². The zero-order chi connectivity index (χ0) is 12.3. The third kappa shape index (κ3) is 3.09. The number of benzene rings is 1. The lowest BCUT2D eigenvalue weighted by Crippen LogP contribution is -2.21. The molecule has 92 valence electrons. The van der Waals surface area contributed by atoms with E-state index >= 15 is 0 Å². The summed E-state index contributed by atoms with van der Waals surface area (Å²) in [7, 11) is 0. The van der Waals surface area contributed by atoms with Crippen LogP contribution in [0.5, 0.6) is 0 Å².